The van der Waals surface area contributed by atoms with E-state index in [1.165, 1.54) is 0 Å². The van der Waals surface area contributed by atoms with Crippen LogP contribution in [0.15, 0.2) is 0 Å². The molecule has 0 rings (SSSR count). The Kier molecular flexibility index (Phi) is 2.86. The average Bonchev–Trinajstić information content (AvgIpc) is 1.37. The van der Waals surface area contributed by atoms with Gasteiger partial charge in [0.25, 0.3) is 0 Å². The lowest BCUT2D eigenvalue weighted by Crippen LogP contribution is -1.95. The summed E-state index contributed by atoms with van der Waals surface area (Å²) in [5, 5.41) is 11.3. The van der Waals surface area contributed by atoms with E-state index >= 15 is 0 Å². The number of hydrogen-bond donors (Lipinski definition) is 1. The average molecular weight is 59.1 g/mol. The quantitative estimate of drug-likeness (QED) is 0.444. The first kappa shape index (κ1) is 3.92. The molecule has 0 aliphatic rings. The molecule has 4 heavy (non-hydrogen) atoms. The van der Waals surface area contributed by atoms with Crippen LogP contribution in [0.25, 0.3) is 0 Å². The van der Waals surface area contributed by atoms with E-state index in [-0.39, 0.29) is 0 Å². The highest BCUT2D eigenvalue weighted by Crippen LogP contribution is 1.41. The molecule has 0 spiro atoms. The van der Waals surface area contributed by atoms with Gasteiger partial charge in [0.2, 0.25) is 0 Å². The molecule has 0 fully saturated rings. The molecule has 0 aromatic carbocycles. The summed E-state index contributed by atoms with van der Waals surface area (Å²) in [5.74, 6) is 0. The molecule has 0 bridgehead atoms. The van der Waals surface area contributed by atoms with Crippen LogP contribution >= 0.6 is 0 Å². The summed E-state index contributed by atoms with van der Waals surface area (Å²) in [6.45, 7) is 0.625. The van der Waals surface area contributed by atoms with Gasteiger partial charge < -0.3 is 0 Å². The van der Waals surface area contributed by atoms with Gasteiger partial charge in [-0.1, -0.05) is 0 Å². The maximum atomic E-state index is 9.06. The van der Waals surface area contributed by atoms with Gasteiger partial charge in [0.15, 0.2) is 6.73 Å². The second-order valence-electron chi connectivity index (χ2n) is 0.407. The summed E-state index contributed by atoms with van der Waals surface area (Å²) in [6.07, 6.45) is 0. The summed E-state index contributed by atoms with van der Waals surface area (Å²) in [7, 11) is 1.56. The van der Waals surface area contributed by atoms with E-state index in [0.29, 0.717) is 6.73 Å². The van der Waals surface area contributed by atoms with Crippen molar-refractivity contribution in [1.82, 2.24) is 5.32 Å². The molecule has 0 aliphatic carbocycles. The number of nitrogens with one attached hydrogen (secondary N) is 1. The predicted octanol–water partition coefficient (Wildman–Crippen LogP) is -0.244. The molecule has 2 radical (unpaired) electrons. The van der Waals surface area contributed by atoms with Gasteiger partial charge in [-0.3, -0.25) is 5.32 Å². The predicted molar refractivity (Wildman–Crippen MR) is 14.0 cm³/mol. The van der Waals surface area contributed by atoms with E-state index < -0.39 is 0 Å². The van der Waals surface area contributed by atoms with E-state index in [1.807, 2.05) is 0 Å². The summed E-state index contributed by atoms with van der Waals surface area (Å²) in [4.78, 5) is 0. The van der Waals surface area contributed by atoms with Gasteiger partial charge in [0.1, 0.15) is 0 Å². The van der Waals surface area contributed by atoms with Crippen LogP contribution in [0.1, 0.15) is 0 Å². The molecule has 0 aromatic heterocycles. The van der Waals surface area contributed by atoms with Crippen LogP contribution in [-0.4, -0.2) is 7.05 Å². The molecule has 0 heterocycles. The Hall–Kier alpha value is -0.0800. The van der Waals surface area contributed by atoms with Crippen molar-refractivity contribution in [3.8, 4) is 0 Å². The van der Waals surface area contributed by atoms with Crippen molar-refractivity contribution in [2.45, 2.75) is 0 Å². The first-order chi connectivity index (χ1) is 1.91. The highest BCUT2D eigenvalue weighted by atomic mass is 16.3. The van der Waals surface area contributed by atoms with Crippen LogP contribution in [0.4, 0.5) is 0 Å². The summed E-state index contributed by atoms with van der Waals surface area (Å²) < 4.78 is 0. The summed E-state index contributed by atoms with van der Waals surface area (Å²) >= 11 is 0. The fourth-order valence-corrected chi connectivity index (χ4v) is 0. The molecule has 0 saturated heterocycles. The lowest BCUT2D eigenvalue weighted by Gasteiger charge is -1.70. The highest BCUT2D eigenvalue weighted by molar-refractivity contribution is 4.24. The largest absolute Gasteiger partial charge is 0.289 e. The molecule has 0 aromatic rings. The van der Waals surface area contributed by atoms with Crippen molar-refractivity contribution >= 4 is 0 Å². The fourth-order valence-electron chi connectivity index (χ4n) is 0. The van der Waals surface area contributed by atoms with Crippen LogP contribution in [0.5, 0.6) is 0 Å². The molecule has 1 N–H and O–H groups in total. The summed E-state index contributed by atoms with van der Waals surface area (Å²) in [5.41, 5.74) is 0. The van der Waals surface area contributed by atoms with Crippen LogP contribution in [0.3, 0.4) is 0 Å². The lowest BCUT2D eigenvalue weighted by molar-refractivity contribution is 0.257. The van der Waals surface area contributed by atoms with E-state index in [1.54, 1.807) is 7.05 Å². The van der Waals surface area contributed by atoms with Crippen molar-refractivity contribution in [1.29, 1.82) is 0 Å². The third-order valence-corrected chi connectivity index (χ3v) is 0.118. The minimum Gasteiger partial charge on any atom is -0.289 e. The first-order valence-corrected chi connectivity index (χ1v) is 1.02. The van der Waals surface area contributed by atoms with Gasteiger partial charge in [0.05, 0.1) is 0 Å². The van der Waals surface area contributed by atoms with E-state index in [0.717, 1.165) is 0 Å². The van der Waals surface area contributed by atoms with Crippen LogP contribution < -0.4 is 5.32 Å². The molecule has 0 aliphatic heterocycles. The Labute approximate surface area is 25.4 Å². The van der Waals surface area contributed by atoms with E-state index in [2.05, 4.69) is 5.32 Å². The second kappa shape index (κ2) is 2.92. The fraction of sp³-hybridized carbons (Fsp3) is 0.500. The molecule has 2 heteroatoms. The standard InChI is InChI=1S/C2H5NO/c1-3-2-4/h2-3H,1H3. The zero-order chi connectivity index (χ0) is 3.41. The van der Waals surface area contributed by atoms with Crippen LogP contribution in [-0.2, 0) is 5.11 Å². The minimum atomic E-state index is 0.625. The highest BCUT2D eigenvalue weighted by Gasteiger charge is 1.57. The van der Waals surface area contributed by atoms with Crippen LogP contribution in [0, 0.1) is 6.73 Å². The Morgan fingerprint density at radius 2 is 2.25 bits per heavy atom. The van der Waals surface area contributed by atoms with Gasteiger partial charge >= 0.3 is 0 Å². The molecule has 0 amide bonds. The minimum absolute atomic E-state index is 0.625. The van der Waals surface area contributed by atoms with E-state index in [4.69, 9.17) is 5.11 Å². The van der Waals surface area contributed by atoms with Crippen molar-refractivity contribution in [2.24, 2.45) is 0 Å². The number of hydrogen-bond acceptors (Lipinski definition) is 1. The van der Waals surface area contributed by atoms with E-state index in [9.17, 15) is 0 Å². The Balaban J connectivity index is 1.97. The summed E-state index contributed by atoms with van der Waals surface area (Å²) in [6, 6.07) is 0. The monoisotopic (exact) mass is 59.0 g/mol. The van der Waals surface area contributed by atoms with Crippen molar-refractivity contribution < 1.29 is 5.11 Å². The molecule has 24 valence electrons. The maximum Gasteiger partial charge on any atom is 0.186 e. The SMILES string of the molecule is CN[CH][O]. The Morgan fingerprint density at radius 3 is 2.25 bits per heavy atom. The topological polar surface area (TPSA) is 31.9 Å². The first-order valence-electron chi connectivity index (χ1n) is 1.02. The lowest BCUT2D eigenvalue weighted by atomic mass is 11.2. The zero-order valence-corrected chi connectivity index (χ0v) is 2.49. The zero-order valence-electron chi connectivity index (χ0n) is 2.49. The molecular formula is C2H5NO. The van der Waals surface area contributed by atoms with Crippen molar-refractivity contribution in [3.05, 3.63) is 6.73 Å². The Bertz CT molecular complexity index is 8.00. The molecule has 0 atom stereocenters. The number of rotatable bonds is 1. The van der Waals surface area contributed by atoms with Gasteiger partial charge in [0, 0.05) is 0 Å². The smallest absolute Gasteiger partial charge is 0.186 e. The third-order valence-electron chi connectivity index (χ3n) is 0.118. The molecule has 0 saturated carbocycles. The van der Waals surface area contributed by atoms with Gasteiger partial charge in [-0.2, -0.15) is 0 Å². The molecule has 2 nitrogen and oxygen atoms in total. The molecule has 0 unspecified atom stereocenters. The Morgan fingerprint density at radius 1 is 2.00 bits per heavy atom. The normalized spacial score (nSPS) is 7.50. The third kappa shape index (κ3) is 1.92. The maximum absolute atomic E-state index is 9.06. The van der Waals surface area contributed by atoms with Gasteiger partial charge in [-0.25, -0.2) is 5.11 Å². The van der Waals surface area contributed by atoms with Gasteiger partial charge in [-0.05, 0) is 7.05 Å². The van der Waals surface area contributed by atoms with Crippen molar-refractivity contribution in [2.75, 3.05) is 7.05 Å². The van der Waals surface area contributed by atoms with Gasteiger partial charge in [-0.15, -0.1) is 0 Å². The second-order valence-corrected chi connectivity index (χ2v) is 0.407. The molecular weight excluding hydrogens is 54.0 g/mol. The van der Waals surface area contributed by atoms with Crippen molar-refractivity contribution in [3.63, 3.8) is 0 Å². The van der Waals surface area contributed by atoms with Crippen LogP contribution in [0.2, 0.25) is 0 Å².